The van der Waals surface area contributed by atoms with Crippen molar-refractivity contribution in [1.82, 2.24) is 0 Å². The molecule has 0 radical (unpaired) electrons. The molecule has 2 aromatic rings. The van der Waals surface area contributed by atoms with E-state index in [1.165, 1.54) is 4.31 Å². The summed E-state index contributed by atoms with van der Waals surface area (Å²) < 4.78 is 27.4. The lowest BCUT2D eigenvalue weighted by molar-refractivity contribution is 0.584. The number of aryl methyl sites for hydroxylation is 1. The minimum absolute atomic E-state index is 0.0802. The molecule has 0 amide bonds. The van der Waals surface area contributed by atoms with Gasteiger partial charge in [0.25, 0.3) is 10.0 Å². The molecule has 0 spiro atoms. The van der Waals surface area contributed by atoms with E-state index in [2.05, 4.69) is 0 Å². The maximum absolute atomic E-state index is 13.0. The Hall–Kier alpha value is -1.52. The van der Waals surface area contributed by atoms with E-state index >= 15 is 0 Å². The normalized spacial score (nSPS) is 17.9. The van der Waals surface area contributed by atoms with Crippen LogP contribution >= 0.6 is 11.6 Å². The highest BCUT2D eigenvalue weighted by atomic mass is 35.5. The summed E-state index contributed by atoms with van der Waals surface area (Å²) in [5, 5.41) is 0.573. The summed E-state index contributed by atoms with van der Waals surface area (Å²) in [6.45, 7) is 3.74. The average Bonchev–Trinajstić information content (AvgIpc) is 2.78. The third-order valence-corrected chi connectivity index (χ3v) is 6.18. The number of benzene rings is 2. The second-order valence-corrected chi connectivity index (χ2v) is 7.62. The Kier molecular flexibility index (Phi) is 3.46. The van der Waals surface area contributed by atoms with Crippen molar-refractivity contribution in [3.8, 4) is 0 Å². The first kappa shape index (κ1) is 14.4. The van der Waals surface area contributed by atoms with Gasteiger partial charge in [0, 0.05) is 11.1 Å². The van der Waals surface area contributed by atoms with Gasteiger partial charge in [-0.1, -0.05) is 29.8 Å². The fraction of sp³-hybridized carbons (Fsp3) is 0.250. The Labute approximate surface area is 130 Å². The number of fused-ring (bicyclic) bond motifs is 1. The molecule has 0 saturated carbocycles. The summed E-state index contributed by atoms with van der Waals surface area (Å²) in [5.41, 5.74) is 2.61. The highest BCUT2D eigenvalue weighted by Crippen LogP contribution is 2.36. The predicted molar refractivity (Wildman–Crippen MR) is 85.5 cm³/mol. The Morgan fingerprint density at radius 2 is 1.90 bits per heavy atom. The third-order valence-electron chi connectivity index (χ3n) is 3.83. The van der Waals surface area contributed by atoms with E-state index in [0.717, 1.165) is 23.2 Å². The van der Waals surface area contributed by atoms with Crippen LogP contribution in [0.25, 0.3) is 0 Å². The topological polar surface area (TPSA) is 37.4 Å². The summed E-state index contributed by atoms with van der Waals surface area (Å²) in [5.74, 6) is 0. The van der Waals surface area contributed by atoms with Crippen LogP contribution < -0.4 is 4.31 Å². The van der Waals surface area contributed by atoms with Crippen LogP contribution in [0.1, 0.15) is 18.1 Å². The van der Waals surface area contributed by atoms with E-state index in [-0.39, 0.29) is 10.9 Å². The molecule has 0 bridgehead atoms. The molecule has 0 saturated heterocycles. The number of para-hydroxylation sites is 1. The number of halogens is 1. The molecule has 5 heteroatoms. The summed E-state index contributed by atoms with van der Waals surface area (Å²) in [4.78, 5) is 0.285. The van der Waals surface area contributed by atoms with Gasteiger partial charge in [-0.3, -0.25) is 4.31 Å². The molecule has 0 aliphatic carbocycles. The first-order valence-electron chi connectivity index (χ1n) is 6.80. The SMILES string of the molecule is Cc1cc(S(=O)(=O)N2c3ccccc3C[C@@H]2C)ccc1Cl. The van der Waals surface area contributed by atoms with E-state index in [1.54, 1.807) is 18.2 Å². The van der Waals surface area contributed by atoms with Gasteiger partial charge in [0.15, 0.2) is 0 Å². The Morgan fingerprint density at radius 1 is 1.19 bits per heavy atom. The van der Waals surface area contributed by atoms with Gasteiger partial charge in [-0.05, 0) is 55.7 Å². The van der Waals surface area contributed by atoms with Crippen molar-refractivity contribution in [3.63, 3.8) is 0 Å². The lowest BCUT2D eigenvalue weighted by atomic mass is 10.1. The van der Waals surface area contributed by atoms with Crippen molar-refractivity contribution in [2.24, 2.45) is 0 Å². The minimum Gasteiger partial charge on any atom is -0.263 e. The number of nitrogens with zero attached hydrogens (tertiary/aromatic N) is 1. The molecule has 0 unspecified atom stereocenters. The zero-order valence-corrected chi connectivity index (χ0v) is 13.4. The summed E-state index contributed by atoms with van der Waals surface area (Å²) in [6.07, 6.45) is 0.738. The van der Waals surface area contributed by atoms with Gasteiger partial charge in [0.2, 0.25) is 0 Å². The number of hydrogen-bond donors (Lipinski definition) is 0. The van der Waals surface area contributed by atoms with Gasteiger partial charge >= 0.3 is 0 Å². The summed E-state index contributed by atoms with van der Waals surface area (Å²) in [6, 6.07) is 12.4. The van der Waals surface area contributed by atoms with Crippen molar-refractivity contribution in [2.75, 3.05) is 4.31 Å². The van der Waals surface area contributed by atoms with E-state index < -0.39 is 10.0 Å². The fourth-order valence-electron chi connectivity index (χ4n) is 2.79. The summed E-state index contributed by atoms with van der Waals surface area (Å²) in [7, 11) is -3.57. The highest BCUT2D eigenvalue weighted by molar-refractivity contribution is 7.92. The number of hydrogen-bond acceptors (Lipinski definition) is 2. The van der Waals surface area contributed by atoms with E-state index in [9.17, 15) is 8.42 Å². The molecular weight excluding hydrogens is 306 g/mol. The second kappa shape index (κ2) is 5.04. The Bertz CT molecular complexity index is 802. The number of anilines is 1. The molecule has 0 N–H and O–H groups in total. The molecule has 3 nitrogen and oxygen atoms in total. The Balaban J connectivity index is 2.12. The first-order chi connectivity index (χ1) is 9.91. The minimum atomic E-state index is -3.57. The first-order valence-corrected chi connectivity index (χ1v) is 8.61. The maximum atomic E-state index is 13.0. The van der Waals surface area contributed by atoms with Crippen molar-refractivity contribution < 1.29 is 8.42 Å². The van der Waals surface area contributed by atoms with Crippen LogP contribution in [0.3, 0.4) is 0 Å². The van der Waals surface area contributed by atoms with E-state index in [4.69, 9.17) is 11.6 Å². The smallest absolute Gasteiger partial charge is 0.263 e. The van der Waals surface area contributed by atoms with Crippen molar-refractivity contribution in [2.45, 2.75) is 31.2 Å². The second-order valence-electron chi connectivity index (χ2n) is 5.39. The maximum Gasteiger partial charge on any atom is 0.264 e. The standard InChI is InChI=1S/C16H16ClNO2S/c1-11-9-14(7-8-15(11)17)21(19,20)18-12(2)10-13-5-3-4-6-16(13)18/h3-9,12H,10H2,1-2H3/t12-/m0/s1. The lowest BCUT2D eigenvalue weighted by Crippen LogP contribution is -2.35. The quantitative estimate of drug-likeness (QED) is 0.844. The van der Waals surface area contributed by atoms with Crippen LogP contribution in [0.5, 0.6) is 0 Å². The lowest BCUT2D eigenvalue weighted by Gasteiger charge is -2.24. The van der Waals surface area contributed by atoms with Gasteiger partial charge in [0.05, 0.1) is 10.6 Å². The molecule has 2 aromatic carbocycles. The molecule has 110 valence electrons. The fourth-order valence-corrected chi connectivity index (χ4v) is 4.69. The average molecular weight is 322 g/mol. The van der Waals surface area contributed by atoms with Crippen molar-refractivity contribution >= 4 is 27.3 Å². The zero-order chi connectivity index (χ0) is 15.2. The van der Waals surface area contributed by atoms with Gasteiger partial charge in [-0.15, -0.1) is 0 Å². The molecular formula is C16H16ClNO2S. The van der Waals surface area contributed by atoms with E-state index in [1.807, 2.05) is 38.1 Å². The molecule has 3 rings (SSSR count). The van der Waals surface area contributed by atoms with Gasteiger partial charge in [0.1, 0.15) is 0 Å². The molecule has 21 heavy (non-hydrogen) atoms. The third kappa shape index (κ3) is 2.32. The summed E-state index contributed by atoms with van der Waals surface area (Å²) >= 11 is 5.99. The van der Waals surface area contributed by atoms with Crippen LogP contribution in [0.2, 0.25) is 5.02 Å². The zero-order valence-electron chi connectivity index (χ0n) is 11.9. The van der Waals surface area contributed by atoms with Gasteiger partial charge in [-0.25, -0.2) is 8.42 Å². The molecule has 1 aliphatic heterocycles. The van der Waals surface area contributed by atoms with Crippen LogP contribution in [0.4, 0.5) is 5.69 Å². The van der Waals surface area contributed by atoms with Crippen LogP contribution in [-0.4, -0.2) is 14.5 Å². The molecule has 1 atom stereocenters. The van der Waals surface area contributed by atoms with Gasteiger partial charge in [-0.2, -0.15) is 0 Å². The molecule has 0 aromatic heterocycles. The largest absolute Gasteiger partial charge is 0.264 e. The molecule has 1 heterocycles. The number of rotatable bonds is 2. The Morgan fingerprint density at radius 3 is 2.62 bits per heavy atom. The molecule has 1 aliphatic rings. The number of sulfonamides is 1. The van der Waals surface area contributed by atoms with Crippen molar-refractivity contribution in [3.05, 3.63) is 58.6 Å². The van der Waals surface area contributed by atoms with E-state index in [0.29, 0.717) is 5.02 Å². The van der Waals surface area contributed by atoms with Crippen LogP contribution in [-0.2, 0) is 16.4 Å². The van der Waals surface area contributed by atoms with Crippen molar-refractivity contribution in [1.29, 1.82) is 0 Å². The molecule has 0 fully saturated rings. The highest BCUT2D eigenvalue weighted by Gasteiger charge is 2.35. The van der Waals surface area contributed by atoms with Gasteiger partial charge < -0.3 is 0 Å². The van der Waals surface area contributed by atoms with Crippen LogP contribution in [0, 0.1) is 6.92 Å². The predicted octanol–water partition coefficient (Wildman–Crippen LogP) is 3.79. The van der Waals surface area contributed by atoms with Crippen LogP contribution in [0.15, 0.2) is 47.4 Å². The monoisotopic (exact) mass is 321 g/mol.